The number of hydrogen-bond acceptors (Lipinski definition) is 8. The number of nitrogens with one attached hydrogen (secondary N) is 5. The number of alkyl carbamates (subject to hydrolysis) is 1. The molecule has 1 aromatic heterocycles. The highest BCUT2D eigenvalue weighted by molar-refractivity contribution is 5.93. The van der Waals surface area contributed by atoms with Crippen LogP contribution >= 0.6 is 0 Å². The predicted octanol–water partition coefficient (Wildman–Crippen LogP) is 3.93. The molecule has 4 amide bonds. The molecular weight excluding hydrogens is 688 g/mol. The zero-order valence-electron chi connectivity index (χ0n) is 31.5. The maximum atomic E-state index is 14.2. The number of aliphatic hydroxyl groups excluding tert-OH is 2. The number of fused-ring (bicyclic) bond motifs is 1. The number of amides is 4. The van der Waals surface area contributed by atoms with Crippen LogP contribution in [0.15, 0.2) is 85.3 Å². The van der Waals surface area contributed by atoms with Gasteiger partial charge in [-0.3, -0.25) is 14.4 Å². The molecule has 54 heavy (non-hydrogen) atoms. The average molecular weight is 743 g/mol. The van der Waals surface area contributed by atoms with E-state index in [-0.39, 0.29) is 44.3 Å². The Morgan fingerprint density at radius 2 is 1.50 bits per heavy atom. The highest BCUT2D eigenvalue weighted by Crippen LogP contribution is 2.20. The largest absolute Gasteiger partial charge is 0.445 e. The number of benzene rings is 3. The first-order valence-corrected chi connectivity index (χ1v) is 18.6. The number of nitrogens with zero attached hydrogens (tertiary/aromatic N) is 1. The van der Waals surface area contributed by atoms with E-state index >= 15 is 0 Å². The fraction of sp³-hybridized carbons (Fsp3) is 0.439. The zero-order valence-corrected chi connectivity index (χ0v) is 31.5. The van der Waals surface area contributed by atoms with Crippen molar-refractivity contribution in [3.63, 3.8) is 0 Å². The summed E-state index contributed by atoms with van der Waals surface area (Å²) < 4.78 is 5.47. The van der Waals surface area contributed by atoms with E-state index < -0.39 is 54.1 Å². The fourth-order valence-electron chi connectivity index (χ4n) is 6.25. The number of aliphatic hydroxyl groups is 2. The van der Waals surface area contributed by atoms with Gasteiger partial charge < -0.3 is 41.2 Å². The van der Waals surface area contributed by atoms with E-state index in [1.54, 1.807) is 6.20 Å². The number of hydrogen-bond donors (Lipinski definition) is 7. The molecule has 4 rings (SSSR count). The summed E-state index contributed by atoms with van der Waals surface area (Å²) in [7, 11) is 0. The highest BCUT2D eigenvalue weighted by atomic mass is 16.5. The number of aromatic amines is 1. The molecule has 0 aliphatic rings. The van der Waals surface area contributed by atoms with E-state index in [1.165, 1.54) is 6.33 Å². The van der Waals surface area contributed by atoms with Gasteiger partial charge in [-0.15, -0.1) is 0 Å². The summed E-state index contributed by atoms with van der Waals surface area (Å²) in [5, 5.41) is 34.1. The number of H-pyrrole nitrogens is 1. The minimum absolute atomic E-state index is 0.00141. The lowest BCUT2D eigenvalue weighted by Crippen LogP contribution is -2.57. The Morgan fingerprint density at radius 1 is 0.815 bits per heavy atom. The standard InChI is InChI=1S/C41H54N6O7/c1-5-27(4)36(23-48)44-38(50)21-37(49)33(18-26(2)3)45-40(52)35(20-31-22-42-25-43-31)46-39(51)34(47-41(53)54-24-28-12-7-6-8-13-28)19-30-16-11-15-29-14-9-10-17-32(29)30/h6-17,22,25-27,33-37,48-49H,5,18-21,23-24H2,1-4H3,(H,42,43)(H,44,50)(H,45,52)(H,46,51)(H,47,53)/t27-,33-,34-,35?,36+,37-/m0/s1. The molecular formula is C41H54N6O7. The van der Waals surface area contributed by atoms with Gasteiger partial charge in [0.1, 0.15) is 18.7 Å². The van der Waals surface area contributed by atoms with Crippen LogP contribution in [0.1, 0.15) is 63.8 Å². The van der Waals surface area contributed by atoms with Crippen LogP contribution in [0.5, 0.6) is 0 Å². The van der Waals surface area contributed by atoms with Crippen molar-refractivity contribution < 1.29 is 34.1 Å². The molecule has 1 unspecified atom stereocenters. The van der Waals surface area contributed by atoms with Crippen LogP contribution in [0.2, 0.25) is 0 Å². The molecule has 0 fully saturated rings. The van der Waals surface area contributed by atoms with E-state index in [1.807, 2.05) is 100 Å². The molecule has 0 bridgehead atoms. The number of rotatable bonds is 20. The quantitative estimate of drug-likeness (QED) is 0.0708. The molecule has 0 spiro atoms. The Morgan fingerprint density at radius 3 is 2.19 bits per heavy atom. The molecule has 1 heterocycles. The SMILES string of the molecule is CC[C@H](C)[C@@H](CO)NC(=O)C[C@H](O)[C@H](CC(C)C)NC(=O)C(Cc1c[nH]cn1)NC(=O)[C@H](Cc1cccc2ccccc12)NC(=O)OCc1ccccc1. The van der Waals surface area contributed by atoms with Gasteiger partial charge in [-0.1, -0.05) is 107 Å². The van der Waals surface area contributed by atoms with Gasteiger partial charge in [-0.05, 0) is 40.2 Å². The summed E-state index contributed by atoms with van der Waals surface area (Å²) in [6.07, 6.45) is 1.90. The first-order chi connectivity index (χ1) is 26.0. The Labute approximate surface area is 316 Å². The second-order valence-corrected chi connectivity index (χ2v) is 14.2. The van der Waals surface area contributed by atoms with E-state index in [4.69, 9.17) is 4.74 Å². The Hall–Kier alpha value is -5.27. The van der Waals surface area contributed by atoms with E-state index in [0.717, 1.165) is 28.3 Å². The van der Waals surface area contributed by atoms with Crippen molar-refractivity contribution in [1.29, 1.82) is 0 Å². The van der Waals surface area contributed by atoms with Gasteiger partial charge >= 0.3 is 6.09 Å². The van der Waals surface area contributed by atoms with E-state index in [2.05, 4.69) is 31.2 Å². The molecule has 0 aliphatic heterocycles. The van der Waals surface area contributed by atoms with Gasteiger partial charge in [0.15, 0.2) is 0 Å². The van der Waals surface area contributed by atoms with E-state index in [0.29, 0.717) is 12.1 Å². The number of carbonyl (C=O) groups is 4. The Balaban J connectivity index is 1.55. The maximum absolute atomic E-state index is 14.2. The van der Waals surface area contributed by atoms with Crippen molar-refractivity contribution in [3.05, 3.63) is 102 Å². The molecule has 13 nitrogen and oxygen atoms in total. The average Bonchev–Trinajstić information content (AvgIpc) is 3.68. The van der Waals surface area contributed by atoms with Crippen LogP contribution in [0.3, 0.4) is 0 Å². The second kappa shape index (κ2) is 20.8. The highest BCUT2D eigenvalue weighted by Gasteiger charge is 2.32. The lowest BCUT2D eigenvalue weighted by molar-refractivity contribution is -0.131. The topological polar surface area (TPSA) is 195 Å². The van der Waals surface area contributed by atoms with Gasteiger partial charge in [-0.25, -0.2) is 9.78 Å². The molecule has 3 aromatic carbocycles. The zero-order chi connectivity index (χ0) is 39.0. The van der Waals surface area contributed by atoms with Crippen molar-refractivity contribution >= 4 is 34.6 Å². The Bertz CT molecular complexity index is 1780. The first-order valence-electron chi connectivity index (χ1n) is 18.6. The van der Waals surface area contributed by atoms with Crippen molar-refractivity contribution in [1.82, 2.24) is 31.2 Å². The van der Waals surface area contributed by atoms with Gasteiger partial charge in [-0.2, -0.15) is 0 Å². The molecule has 7 N–H and O–H groups in total. The summed E-state index contributed by atoms with van der Waals surface area (Å²) in [4.78, 5) is 61.4. The number of ether oxygens (including phenoxy) is 1. The summed E-state index contributed by atoms with van der Waals surface area (Å²) in [6.45, 7) is 7.50. The van der Waals surface area contributed by atoms with Crippen LogP contribution in [-0.4, -0.2) is 80.9 Å². The van der Waals surface area contributed by atoms with Crippen molar-refractivity contribution in [2.45, 2.75) is 96.7 Å². The van der Waals surface area contributed by atoms with Gasteiger partial charge in [0.2, 0.25) is 17.7 Å². The molecule has 4 aromatic rings. The van der Waals surface area contributed by atoms with Crippen LogP contribution in [0, 0.1) is 11.8 Å². The van der Waals surface area contributed by atoms with Crippen LogP contribution in [0.25, 0.3) is 10.8 Å². The monoisotopic (exact) mass is 742 g/mol. The van der Waals surface area contributed by atoms with Gasteiger partial charge in [0, 0.05) is 19.0 Å². The molecule has 6 atom stereocenters. The summed E-state index contributed by atoms with van der Waals surface area (Å²) in [5.41, 5.74) is 2.08. The van der Waals surface area contributed by atoms with Crippen molar-refractivity contribution in [2.24, 2.45) is 11.8 Å². The van der Waals surface area contributed by atoms with Crippen LogP contribution < -0.4 is 21.3 Å². The summed E-state index contributed by atoms with van der Waals surface area (Å²) in [5.74, 6) is -1.62. The first kappa shape index (κ1) is 41.5. The lowest BCUT2D eigenvalue weighted by Gasteiger charge is -2.29. The molecule has 0 aliphatic carbocycles. The smallest absolute Gasteiger partial charge is 0.408 e. The minimum atomic E-state index is -1.26. The normalized spacial score (nSPS) is 14.6. The predicted molar refractivity (Wildman–Crippen MR) is 206 cm³/mol. The van der Waals surface area contributed by atoms with Crippen molar-refractivity contribution in [2.75, 3.05) is 6.61 Å². The van der Waals surface area contributed by atoms with Crippen LogP contribution in [0.4, 0.5) is 4.79 Å². The van der Waals surface area contributed by atoms with Gasteiger partial charge in [0.05, 0.1) is 43.2 Å². The molecule has 0 radical (unpaired) electrons. The van der Waals surface area contributed by atoms with Crippen LogP contribution in [-0.2, 0) is 38.6 Å². The lowest BCUT2D eigenvalue weighted by atomic mass is 9.95. The third-order valence-corrected chi connectivity index (χ3v) is 9.51. The molecule has 0 saturated heterocycles. The molecule has 0 saturated carbocycles. The third-order valence-electron chi connectivity index (χ3n) is 9.51. The number of imidazole rings is 1. The second-order valence-electron chi connectivity index (χ2n) is 14.2. The summed E-state index contributed by atoms with van der Waals surface area (Å²) in [6, 6.07) is 19.0. The minimum Gasteiger partial charge on any atom is -0.445 e. The fourth-order valence-corrected chi connectivity index (χ4v) is 6.25. The maximum Gasteiger partial charge on any atom is 0.408 e. The number of aromatic nitrogens is 2. The third kappa shape index (κ3) is 12.7. The molecule has 13 heteroatoms. The van der Waals surface area contributed by atoms with E-state index in [9.17, 15) is 29.4 Å². The summed E-state index contributed by atoms with van der Waals surface area (Å²) >= 11 is 0. The number of carbonyl (C=O) groups excluding carboxylic acids is 4. The Kier molecular flexibility index (Phi) is 16.0. The van der Waals surface area contributed by atoms with Gasteiger partial charge in [0.25, 0.3) is 0 Å². The van der Waals surface area contributed by atoms with Crippen molar-refractivity contribution in [3.8, 4) is 0 Å². The molecule has 290 valence electrons.